The van der Waals surface area contributed by atoms with E-state index in [9.17, 15) is 0 Å². The SMILES string of the molecule is CN1C=C/C(=C\C=C2/C=Nc3ccccc32)c2ccccc21. The third kappa shape index (κ3) is 2.09. The summed E-state index contributed by atoms with van der Waals surface area (Å²) in [6, 6.07) is 16.7. The zero-order valence-corrected chi connectivity index (χ0v) is 12.4. The zero-order chi connectivity index (χ0) is 14.9. The first-order chi connectivity index (χ1) is 10.8. The Kier molecular flexibility index (Phi) is 3.01. The molecule has 0 N–H and O–H groups in total. The number of hydrogen-bond donors (Lipinski definition) is 0. The van der Waals surface area contributed by atoms with Crippen LogP contribution in [-0.2, 0) is 0 Å². The minimum Gasteiger partial charge on any atom is -0.351 e. The van der Waals surface area contributed by atoms with Gasteiger partial charge in [0.15, 0.2) is 0 Å². The summed E-state index contributed by atoms with van der Waals surface area (Å²) in [7, 11) is 2.07. The average Bonchev–Trinajstić information content (AvgIpc) is 2.98. The highest BCUT2D eigenvalue weighted by atomic mass is 15.1. The minimum absolute atomic E-state index is 1.05. The molecular formula is C20H16N2. The van der Waals surface area contributed by atoms with Crippen molar-refractivity contribution in [2.24, 2.45) is 4.99 Å². The van der Waals surface area contributed by atoms with Crippen LogP contribution < -0.4 is 4.90 Å². The number of nitrogens with zero attached hydrogens (tertiary/aromatic N) is 2. The van der Waals surface area contributed by atoms with Crippen molar-refractivity contribution >= 4 is 28.7 Å². The van der Waals surface area contributed by atoms with E-state index in [1.807, 2.05) is 18.3 Å². The molecule has 2 heterocycles. The lowest BCUT2D eigenvalue weighted by Crippen LogP contribution is -2.13. The van der Waals surface area contributed by atoms with Crippen molar-refractivity contribution in [3.8, 4) is 0 Å². The maximum atomic E-state index is 4.45. The van der Waals surface area contributed by atoms with Crippen molar-refractivity contribution in [3.63, 3.8) is 0 Å². The second kappa shape index (κ2) is 5.15. The quantitative estimate of drug-likeness (QED) is 0.732. The molecule has 2 aliphatic rings. The van der Waals surface area contributed by atoms with Gasteiger partial charge in [-0.25, -0.2) is 0 Å². The molecule has 0 saturated heterocycles. The van der Waals surface area contributed by atoms with Crippen LogP contribution in [0.5, 0.6) is 0 Å². The topological polar surface area (TPSA) is 15.6 Å². The summed E-state index contributed by atoms with van der Waals surface area (Å²) in [6.45, 7) is 0. The molecule has 2 aliphatic heterocycles. The molecule has 2 heteroatoms. The Hall–Kier alpha value is -2.87. The molecule has 0 radical (unpaired) electrons. The number of anilines is 1. The van der Waals surface area contributed by atoms with Crippen LogP contribution in [0.4, 0.5) is 11.4 Å². The lowest BCUT2D eigenvalue weighted by Gasteiger charge is -2.23. The number of aliphatic imine (C=N–C) groups is 1. The van der Waals surface area contributed by atoms with Gasteiger partial charge in [0.1, 0.15) is 0 Å². The van der Waals surface area contributed by atoms with Gasteiger partial charge in [0.05, 0.1) is 5.69 Å². The van der Waals surface area contributed by atoms with Gasteiger partial charge in [-0.1, -0.05) is 48.6 Å². The van der Waals surface area contributed by atoms with E-state index >= 15 is 0 Å². The molecule has 0 aliphatic carbocycles. The number of para-hydroxylation sites is 2. The van der Waals surface area contributed by atoms with Crippen LogP contribution in [0.3, 0.4) is 0 Å². The fraction of sp³-hybridized carbons (Fsp3) is 0.0500. The fourth-order valence-corrected chi connectivity index (χ4v) is 2.88. The number of allylic oxidation sites excluding steroid dienone is 5. The van der Waals surface area contributed by atoms with Crippen LogP contribution >= 0.6 is 0 Å². The van der Waals surface area contributed by atoms with Gasteiger partial charge in [-0.15, -0.1) is 0 Å². The van der Waals surface area contributed by atoms with E-state index in [1.54, 1.807) is 0 Å². The first-order valence-corrected chi connectivity index (χ1v) is 7.39. The van der Waals surface area contributed by atoms with Crippen LogP contribution in [-0.4, -0.2) is 13.3 Å². The summed E-state index contributed by atoms with van der Waals surface area (Å²) < 4.78 is 0. The van der Waals surface area contributed by atoms with Gasteiger partial charge in [0.25, 0.3) is 0 Å². The largest absolute Gasteiger partial charge is 0.351 e. The van der Waals surface area contributed by atoms with Crippen LogP contribution in [0.2, 0.25) is 0 Å². The van der Waals surface area contributed by atoms with Gasteiger partial charge in [0.2, 0.25) is 0 Å². The lowest BCUT2D eigenvalue weighted by atomic mass is 9.99. The van der Waals surface area contributed by atoms with Crippen molar-refractivity contribution in [2.45, 2.75) is 0 Å². The molecule has 0 bridgehead atoms. The van der Waals surface area contributed by atoms with E-state index in [0.717, 1.165) is 11.3 Å². The Morgan fingerprint density at radius 2 is 1.59 bits per heavy atom. The summed E-state index contributed by atoms with van der Waals surface area (Å²) in [4.78, 5) is 6.60. The molecule has 2 nitrogen and oxygen atoms in total. The summed E-state index contributed by atoms with van der Waals surface area (Å²) in [5.41, 5.74) is 7.12. The maximum absolute atomic E-state index is 4.45. The molecule has 4 rings (SSSR count). The van der Waals surface area contributed by atoms with Crippen molar-refractivity contribution in [2.75, 3.05) is 11.9 Å². The molecule has 0 spiro atoms. The molecule has 0 fully saturated rings. The van der Waals surface area contributed by atoms with Crippen molar-refractivity contribution < 1.29 is 0 Å². The number of fused-ring (bicyclic) bond motifs is 2. The van der Waals surface area contributed by atoms with Crippen molar-refractivity contribution in [3.05, 3.63) is 84.1 Å². The van der Waals surface area contributed by atoms with Gasteiger partial charge >= 0.3 is 0 Å². The Morgan fingerprint density at radius 3 is 2.50 bits per heavy atom. The molecule has 0 aromatic heterocycles. The van der Waals surface area contributed by atoms with Crippen molar-refractivity contribution in [1.29, 1.82) is 0 Å². The Balaban J connectivity index is 1.75. The number of hydrogen-bond acceptors (Lipinski definition) is 2. The van der Waals surface area contributed by atoms with Crippen LogP contribution in [0.15, 0.2) is 78.0 Å². The molecule has 0 saturated carbocycles. The van der Waals surface area contributed by atoms with Gasteiger partial charge in [-0.3, -0.25) is 4.99 Å². The predicted octanol–water partition coefficient (Wildman–Crippen LogP) is 4.83. The first kappa shape index (κ1) is 12.8. The highest BCUT2D eigenvalue weighted by Gasteiger charge is 2.13. The Morgan fingerprint density at radius 1 is 0.864 bits per heavy atom. The smallest absolute Gasteiger partial charge is 0.0708 e. The second-order valence-corrected chi connectivity index (χ2v) is 5.46. The first-order valence-electron chi connectivity index (χ1n) is 7.39. The molecule has 106 valence electrons. The van der Waals surface area contributed by atoms with E-state index < -0.39 is 0 Å². The average molecular weight is 284 g/mol. The van der Waals surface area contributed by atoms with Gasteiger partial charge < -0.3 is 4.90 Å². The normalized spacial score (nSPS) is 18.9. The minimum atomic E-state index is 1.05. The summed E-state index contributed by atoms with van der Waals surface area (Å²) in [5.74, 6) is 0. The maximum Gasteiger partial charge on any atom is 0.0708 e. The summed E-state index contributed by atoms with van der Waals surface area (Å²) in [5, 5.41) is 0. The number of benzene rings is 2. The van der Waals surface area contributed by atoms with E-state index in [1.165, 1.54) is 22.4 Å². The number of rotatable bonds is 1. The van der Waals surface area contributed by atoms with Crippen LogP contribution in [0, 0.1) is 0 Å². The second-order valence-electron chi connectivity index (χ2n) is 5.46. The van der Waals surface area contributed by atoms with E-state index in [0.29, 0.717) is 0 Å². The van der Waals surface area contributed by atoms with E-state index in [2.05, 4.69) is 77.8 Å². The molecule has 2 aromatic carbocycles. The van der Waals surface area contributed by atoms with Gasteiger partial charge in [-0.2, -0.15) is 0 Å². The van der Waals surface area contributed by atoms with E-state index in [4.69, 9.17) is 0 Å². The molecular weight excluding hydrogens is 268 g/mol. The lowest BCUT2D eigenvalue weighted by molar-refractivity contribution is 1.18. The third-order valence-corrected chi connectivity index (χ3v) is 4.07. The van der Waals surface area contributed by atoms with Crippen LogP contribution in [0.25, 0.3) is 11.1 Å². The summed E-state index contributed by atoms with van der Waals surface area (Å²) >= 11 is 0. The third-order valence-electron chi connectivity index (χ3n) is 4.07. The molecule has 0 atom stereocenters. The highest BCUT2D eigenvalue weighted by molar-refractivity contribution is 6.17. The standard InChI is InChI=1S/C20H16N2/c1-22-13-12-15(18-7-3-5-9-20(18)22)10-11-16-14-21-19-8-4-2-6-17(16)19/h2-14H,1H3/b15-10+,16-11+. The molecule has 2 aromatic rings. The predicted molar refractivity (Wildman–Crippen MR) is 94.5 cm³/mol. The monoisotopic (exact) mass is 284 g/mol. The van der Waals surface area contributed by atoms with Gasteiger partial charge in [-0.05, 0) is 23.8 Å². The van der Waals surface area contributed by atoms with Crippen molar-refractivity contribution in [1.82, 2.24) is 0 Å². The molecule has 0 amide bonds. The fourth-order valence-electron chi connectivity index (χ4n) is 2.88. The summed E-state index contributed by atoms with van der Waals surface area (Å²) in [6.07, 6.45) is 10.5. The molecule has 22 heavy (non-hydrogen) atoms. The van der Waals surface area contributed by atoms with Crippen LogP contribution in [0.1, 0.15) is 11.1 Å². The van der Waals surface area contributed by atoms with Gasteiger partial charge in [0, 0.05) is 41.8 Å². The molecule has 0 unspecified atom stereocenters. The zero-order valence-electron chi connectivity index (χ0n) is 12.4. The highest BCUT2D eigenvalue weighted by Crippen LogP contribution is 2.34. The van der Waals surface area contributed by atoms with E-state index in [-0.39, 0.29) is 0 Å². The Labute approximate surface area is 130 Å². The Bertz CT molecular complexity index is 854.